The monoisotopic (exact) mass is 360 g/mol. The number of nitrogens with zero attached hydrogens (tertiary/aromatic N) is 3. The van der Waals surface area contributed by atoms with Crippen LogP contribution in [0.2, 0.25) is 10.0 Å². The summed E-state index contributed by atoms with van der Waals surface area (Å²) in [6, 6.07) is 8.92. The van der Waals surface area contributed by atoms with E-state index in [1.165, 1.54) is 6.33 Å². The number of nitrogens with one attached hydrogen (secondary N) is 2. The minimum Gasteiger partial charge on any atom is -0.393 e. The number of aryl methyl sites for hydroxylation is 1. The van der Waals surface area contributed by atoms with Crippen molar-refractivity contribution < 1.29 is 0 Å². The first-order valence-corrected chi connectivity index (χ1v) is 7.81. The summed E-state index contributed by atoms with van der Waals surface area (Å²) in [7, 11) is 0. The van der Waals surface area contributed by atoms with Gasteiger partial charge in [-0.2, -0.15) is 0 Å². The molecule has 8 heteroatoms. The maximum Gasteiger partial charge on any atom is 0.160 e. The zero-order valence-corrected chi connectivity index (χ0v) is 14.2. The zero-order chi connectivity index (χ0) is 17.1. The van der Waals surface area contributed by atoms with Crippen LogP contribution in [-0.4, -0.2) is 15.0 Å². The molecule has 24 heavy (non-hydrogen) atoms. The smallest absolute Gasteiger partial charge is 0.160 e. The fourth-order valence-electron chi connectivity index (χ4n) is 2.04. The van der Waals surface area contributed by atoms with E-state index < -0.39 is 0 Å². The second-order valence-corrected chi connectivity index (χ2v) is 5.87. The van der Waals surface area contributed by atoms with Crippen molar-refractivity contribution in [3.8, 4) is 0 Å². The van der Waals surface area contributed by atoms with E-state index in [4.69, 9.17) is 28.9 Å². The topological polar surface area (TPSA) is 88.8 Å². The van der Waals surface area contributed by atoms with Crippen molar-refractivity contribution in [3.05, 3.63) is 58.5 Å². The number of aromatic nitrogens is 3. The number of rotatable bonds is 4. The van der Waals surface area contributed by atoms with Crippen molar-refractivity contribution in [2.45, 2.75) is 6.92 Å². The Morgan fingerprint density at radius 2 is 1.71 bits per heavy atom. The van der Waals surface area contributed by atoms with Crippen molar-refractivity contribution in [3.63, 3.8) is 0 Å². The number of nitrogen functional groups attached to an aromatic ring is 1. The fourth-order valence-corrected chi connectivity index (χ4v) is 2.50. The molecule has 0 amide bonds. The van der Waals surface area contributed by atoms with Gasteiger partial charge < -0.3 is 16.4 Å². The quantitative estimate of drug-likeness (QED) is 0.632. The van der Waals surface area contributed by atoms with Crippen molar-refractivity contribution in [2.24, 2.45) is 0 Å². The molecule has 6 nitrogen and oxygen atoms in total. The molecule has 4 N–H and O–H groups in total. The third-order valence-electron chi connectivity index (χ3n) is 3.31. The molecule has 0 aliphatic carbocycles. The van der Waals surface area contributed by atoms with Crippen LogP contribution in [0.5, 0.6) is 0 Å². The summed E-state index contributed by atoms with van der Waals surface area (Å²) < 4.78 is 0. The summed E-state index contributed by atoms with van der Waals surface area (Å²) in [5.74, 6) is 1.57. The average molecular weight is 361 g/mol. The van der Waals surface area contributed by atoms with E-state index in [-0.39, 0.29) is 0 Å². The molecule has 0 radical (unpaired) electrons. The lowest BCUT2D eigenvalue weighted by molar-refractivity contribution is 1.15. The van der Waals surface area contributed by atoms with Crippen LogP contribution in [0.15, 0.2) is 42.9 Å². The molecule has 0 unspecified atom stereocenters. The number of hydrogen-bond acceptors (Lipinski definition) is 6. The molecular formula is C16H14Cl2N6. The molecule has 2 heterocycles. The van der Waals surface area contributed by atoms with E-state index in [1.54, 1.807) is 24.4 Å². The fraction of sp³-hybridized carbons (Fsp3) is 0.0625. The molecule has 122 valence electrons. The normalized spacial score (nSPS) is 10.5. The molecule has 1 aromatic carbocycles. The van der Waals surface area contributed by atoms with Crippen molar-refractivity contribution >= 4 is 52.0 Å². The first-order valence-electron chi connectivity index (χ1n) is 7.06. The van der Waals surface area contributed by atoms with E-state index >= 15 is 0 Å². The lowest BCUT2D eigenvalue weighted by Gasteiger charge is -2.13. The standard InChI is InChI=1S/C16H14Cl2N6/c1-9-3-2-6-20-14(9)24-16-13(19)15(21-8-22-16)23-12-5-4-10(17)7-11(12)18/h2-8H,19H2,1H3,(H2,20,21,22,23,24). The van der Waals surface area contributed by atoms with Crippen LogP contribution >= 0.6 is 23.2 Å². The second kappa shape index (κ2) is 6.90. The molecule has 2 aromatic heterocycles. The van der Waals surface area contributed by atoms with Gasteiger partial charge in [-0.15, -0.1) is 0 Å². The minimum absolute atomic E-state index is 0.355. The maximum absolute atomic E-state index is 6.17. The molecule has 0 bridgehead atoms. The Kier molecular flexibility index (Phi) is 4.69. The molecule has 0 atom stereocenters. The van der Waals surface area contributed by atoms with E-state index in [0.29, 0.717) is 38.9 Å². The summed E-state index contributed by atoms with van der Waals surface area (Å²) in [6.07, 6.45) is 3.10. The maximum atomic E-state index is 6.17. The SMILES string of the molecule is Cc1cccnc1Nc1ncnc(Nc2ccc(Cl)cc2Cl)c1N. The summed E-state index contributed by atoms with van der Waals surface area (Å²) in [5, 5.41) is 7.21. The van der Waals surface area contributed by atoms with Crippen LogP contribution in [-0.2, 0) is 0 Å². The highest BCUT2D eigenvalue weighted by atomic mass is 35.5. The highest BCUT2D eigenvalue weighted by Crippen LogP contribution is 2.32. The summed E-state index contributed by atoms with van der Waals surface area (Å²) in [5.41, 5.74) is 8.14. The van der Waals surface area contributed by atoms with E-state index in [9.17, 15) is 0 Å². The number of benzene rings is 1. The zero-order valence-electron chi connectivity index (χ0n) is 12.7. The first kappa shape index (κ1) is 16.3. The first-order chi connectivity index (χ1) is 11.5. The largest absolute Gasteiger partial charge is 0.393 e. The Bertz CT molecular complexity index is 884. The Hall–Kier alpha value is -2.57. The van der Waals surface area contributed by atoms with Crippen LogP contribution in [0.3, 0.4) is 0 Å². The van der Waals surface area contributed by atoms with E-state index in [0.717, 1.165) is 5.56 Å². The van der Waals surface area contributed by atoms with Gasteiger partial charge in [0.2, 0.25) is 0 Å². The number of anilines is 5. The summed E-state index contributed by atoms with van der Waals surface area (Å²) in [6.45, 7) is 1.94. The molecule has 0 aliphatic heterocycles. The number of hydrogen-bond donors (Lipinski definition) is 3. The van der Waals surface area contributed by atoms with Crippen molar-refractivity contribution in [2.75, 3.05) is 16.4 Å². The van der Waals surface area contributed by atoms with Gasteiger partial charge in [-0.25, -0.2) is 15.0 Å². The summed E-state index contributed by atoms with van der Waals surface area (Å²) >= 11 is 12.1. The Balaban J connectivity index is 1.89. The second-order valence-electron chi connectivity index (χ2n) is 5.03. The number of pyridine rings is 1. The third-order valence-corrected chi connectivity index (χ3v) is 3.86. The predicted molar refractivity (Wildman–Crippen MR) is 98.4 cm³/mol. The van der Waals surface area contributed by atoms with Crippen molar-refractivity contribution in [1.29, 1.82) is 0 Å². The molecule has 0 aliphatic rings. The number of halogens is 2. The van der Waals surface area contributed by atoms with Gasteiger partial charge in [0.1, 0.15) is 17.8 Å². The van der Waals surface area contributed by atoms with Crippen molar-refractivity contribution in [1.82, 2.24) is 15.0 Å². The van der Waals surface area contributed by atoms with Gasteiger partial charge in [0.15, 0.2) is 11.6 Å². The summed E-state index contributed by atoms with van der Waals surface area (Å²) in [4.78, 5) is 12.6. The van der Waals surface area contributed by atoms with Crippen LogP contribution in [0.25, 0.3) is 0 Å². The van der Waals surface area contributed by atoms with Crippen LogP contribution in [0.4, 0.5) is 28.8 Å². The highest BCUT2D eigenvalue weighted by Gasteiger charge is 2.11. The average Bonchev–Trinajstić information content (AvgIpc) is 2.55. The molecule has 0 spiro atoms. The number of nitrogens with two attached hydrogens (primary N) is 1. The molecular weight excluding hydrogens is 347 g/mol. The molecule has 3 rings (SSSR count). The van der Waals surface area contributed by atoms with Gasteiger partial charge in [0.05, 0.1) is 10.7 Å². The molecule has 0 saturated carbocycles. The minimum atomic E-state index is 0.355. The van der Waals surface area contributed by atoms with Gasteiger partial charge in [-0.3, -0.25) is 0 Å². The third kappa shape index (κ3) is 3.50. The van der Waals surface area contributed by atoms with Gasteiger partial charge in [0, 0.05) is 11.2 Å². The van der Waals surface area contributed by atoms with Gasteiger partial charge in [0.25, 0.3) is 0 Å². The predicted octanol–water partition coefficient (Wildman–Crippen LogP) is 4.56. The van der Waals surface area contributed by atoms with Gasteiger partial charge in [-0.1, -0.05) is 29.3 Å². The Labute approximate surface area is 149 Å². The lowest BCUT2D eigenvalue weighted by Crippen LogP contribution is -2.06. The van der Waals surface area contributed by atoms with E-state index in [2.05, 4.69) is 25.6 Å². The van der Waals surface area contributed by atoms with Crippen LogP contribution in [0, 0.1) is 6.92 Å². The van der Waals surface area contributed by atoms with Crippen LogP contribution in [0.1, 0.15) is 5.56 Å². The Morgan fingerprint density at radius 3 is 2.42 bits per heavy atom. The molecule has 0 fully saturated rings. The van der Waals surface area contributed by atoms with Gasteiger partial charge in [-0.05, 0) is 36.8 Å². The van der Waals surface area contributed by atoms with E-state index in [1.807, 2.05) is 19.1 Å². The van der Waals surface area contributed by atoms with Crippen LogP contribution < -0.4 is 16.4 Å². The lowest BCUT2D eigenvalue weighted by atomic mass is 10.3. The van der Waals surface area contributed by atoms with Gasteiger partial charge >= 0.3 is 0 Å². The molecule has 0 saturated heterocycles. The Morgan fingerprint density at radius 1 is 0.958 bits per heavy atom. The highest BCUT2D eigenvalue weighted by molar-refractivity contribution is 6.36. The molecule has 3 aromatic rings.